The summed E-state index contributed by atoms with van der Waals surface area (Å²) in [5.41, 5.74) is 3.79. The summed E-state index contributed by atoms with van der Waals surface area (Å²) in [6, 6.07) is 19.1. The smallest absolute Gasteiger partial charge is 0.343 e. The van der Waals surface area contributed by atoms with Gasteiger partial charge in [-0.1, -0.05) is 42.0 Å². The molecule has 3 heteroatoms. The number of halogens is 1. The maximum absolute atomic E-state index is 14.5. The molecular formula is C24H19FO2. The van der Waals surface area contributed by atoms with Crippen molar-refractivity contribution < 1.29 is 13.9 Å². The molecule has 0 aliphatic carbocycles. The van der Waals surface area contributed by atoms with Gasteiger partial charge >= 0.3 is 5.97 Å². The van der Waals surface area contributed by atoms with Crippen LogP contribution in [-0.2, 0) is 6.42 Å². The van der Waals surface area contributed by atoms with E-state index in [0.29, 0.717) is 17.5 Å². The Morgan fingerprint density at radius 1 is 1.04 bits per heavy atom. The highest BCUT2D eigenvalue weighted by molar-refractivity contribution is 5.91. The fraction of sp³-hybridized carbons (Fsp3) is 0.125. The summed E-state index contributed by atoms with van der Waals surface area (Å²) in [7, 11) is 0. The van der Waals surface area contributed by atoms with Crippen molar-refractivity contribution in [3.63, 3.8) is 0 Å². The topological polar surface area (TPSA) is 26.3 Å². The van der Waals surface area contributed by atoms with E-state index >= 15 is 0 Å². The van der Waals surface area contributed by atoms with Crippen LogP contribution >= 0.6 is 0 Å². The third kappa shape index (κ3) is 4.62. The minimum Gasteiger partial charge on any atom is -0.423 e. The molecule has 0 unspecified atom stereocenters. The lowest BCUT2D eigenvalue weighted by atomic mass is 10.0. The SMILES string of the molecule is C#CCCc1ccc(-c2ccc(OC(=O)c3ccc(C)cc3)cc2F)cc1. The largest absolute Gasteiger partial charge is 0.423 e. The summed E-state index contributed by atoms with van der Waals surface area (Å²) in [5, 5.41) is 0. The number of terminal acetylenes is 1. The highest BCUT2D eigenvalue weighted by Crippen LogP contribution is 2.27. The Bertz CT molecular complexity index is 980. The molecule has 3 rings (SSSR count). The van der Waals surface area contributed by atoms with Crippen molar-refractivity contribution in [2.45, 2.75) is 19.8 Å². The van der Waals surface area contributed by atoms with Crippen LogP contribution < -0.4 is 4.74 Å². The van der Waals surface area contributed by atoms with Crippen LogP contribution in [0.1, 0.15) is 27.9 Å². The summed E-state index contributed by atoms with van der Waals surface area (Å²) < 4.78 is 19.8. The predicted octanol–water partition coefficient (Wildman–Crippen LogP) is 5.59. The zero-order valence-corrected chi connectivity index (χ0v) is 15.0. The molecule has 0 fully saturated rings. The van der Waals surface area contributed by atoms with Crippen LogP contribution in [0.4, 0.5) is 4.39 Å². The quantitative estimate of drug-likeness (QED) is 0.338. The first-order valence-corrected chi connectivity index (χ1v) is 8.68. The molecule has 0 bridgehead atoms. The van der Waals surface area contributed by atoms with Gasteiger partial charge in [-0.25, -0.2) is 9.18 Å². The normalized spacial score (nSPS) is 10.3. The van der Waals surface area contributed by atoms with Crippen LogP contribution in [0.3, 0.4) is 0 Å². The number of hydrogen-bond donors (Lipinski definition) is 0. The fourth-order valence-electron chi connectivity index (χ4n) is 2.72. The van der Waals surface area contributed by atoms with Gasteiger partial charge in [-0.3, -0.25) is 0 Å². The second-order valence-electron chi connectivity index (χ2n) is 6.30. The van der Waals surface area contributed by atoms with Gasteiger partial charge in [0.2, 0.25) is 0 Å². The lowest BCUT2D eigenvalue weighted by Gasteiger charge is -2.08. The lowest BCUT2D eigenvalue weighted by molar-refractivity contribution is 0.0734. The first-order valence-electron chi connectivity index (χ1n) is 8.68. The van der Waals surface area contributed by atoms with Crippen LogP contribution in [0.25, 0.3) is 11.1 Å². The molecule has 0 heterocycles. The van der Waals surface area contributed by atoms with Crippen molar-refractivity contribution in [1.29, 1.82) is 0 Å². The zero-order chi connectivity index (χ0) is 19.2. The molecule has 0 aliphatic rings. The molecule has 0 atom stereocenters. The molecule has 134 valence electrons. The second kappa shape index (κ2) is 8.33. The Morgan fingerprint density at radius 2 is 1.74 bits per heavy atom. The van der Waals surface area contributed by atoms with E-state index < -0.39 is 11.8 Å². The summed E-state index contributed by atoms with van der Waals surface area (Å²) in [6.07, 6.45) is 6.75. The highest BCUT2D eigenvalue weighted by Gasteiger charge is 2.11. The number of carbonyl (C=O) groups is 1. The number of rotatable bonds is 5. The number of aryl methyl sites for hydroxylation is 2. The summed E-state index contributed by atoms with van der Waals surface area (Å²) in [5.74, 6) is 1.82. The molecule has 0 aliphatic heterocycles. The lowest BCUT2D eigenvalue weighted by Crippen LogP contribution is -2.08. The molecule has 0 aromatic heterocycles. The Balaban J connectivity index is 1.74. The zero-order valence-electron chi connectivity index (χ0n) is 15.0. The minimum absolute atomic E-state index is 0.174. The van der Waals surface area contributed by atoms with Gasteiger partial charge in [-0.15, -0.1) is 12.3 Å². The van der Waals surface area contributed by atoms with E-state index in [9.17, 15) is 9.18 Å². The number of ether oxygens (including phenoxy) is 1. The third-order valence-corrected chi connectivity index (χ3v) is 4.26. The monoisotopic (exact) mass is 358 g/mol. The maximum atomic E-state index is 14.5. The van der Waals surface area contributed by atoms with E-state index in [0.717, 1.165) is 23.1 Å². The van der Waals surface area contributed by atoms with E-state index in [1.165, 1.54) is 6.07 Å². The number of hydrogen-bond acceptors (Lipinski definition) is 2. The first-order chi connectivity index (χ1) is 13.1. The van der Waals surface area contributed by atoms with Gasteiger partial charge in [0, 0.05) is 18.1 Å². The summed E-state index contributed by atoms with van der Waals surface area (Å²) in [6.45, 7) is 1.94. The molecule has 0 saturated carbocycles. The molecular weight excluding hydrogens is 339 g/mol. The number of benzene rings is 3. The molecule has 0 saturated heterocycles. The van der Waals surface area contributed by atoms with Gasteiger partial charge in [-0.2, -0.15) is 0 Å². The number of esters is 1. The Labute approximate surface area is 158 Å². The average molecular weight is 358 g/mol. The molecule has 0 spiro atoms. The van der Waals surface area contributed by atoms with Crippen molar-refractivity contribution in [3.05, 3.63) is 89.2 Å². The van der Waals surface area contributed by atoms with E-state index in [4.69, 9.17) is 11.2 Å². The van der Waals surface area contributed by atoms with Crippen molar-refractivity contribution in [1.82, 2.24) is 0 Å². The molecule has 3 aromatic rings. The van der Waals surface area contributed by atoms with Gasteiger partial charge < -0.3 is 4.74 Å². The molecule has 0 amide bonds. The highest BCUT2D eigenvalue weighted by atomic mass is 19.1. The van der Waals surface area contributed by atoms with Crippen molar-refractivity contribution in [2.24, 2.45) is 0 Å². The fourth-order valence-corrected chi connectivity index (χ4v) is 2.72. The summed E-state index contributed by atoms with van der Waals surface area (Å²) >= 11 is 0. The summed E-state index contributed by atoms with van der Waals surface area (Å²) in [4.78, 5) is 12.2. The van der Waals surface area contributed by atoms with Crippen molar-refractivity contribution >= 4 is 5.97 Å². The number of carbonyl (C=O) groups excluding carboxylic acids is 1. The van der Waals surface area contributed by atoms with Crippen LogP contribution in [0, 0.1) is 25.1 Å². The first kappa shape index (κ1) is 18.4. The second-order valence-corrected chi connectivity index (χ2v) is 6.30. The van der Waals surface area contributed by atoms with Gasteiger partial charge in [0.25, 0.3) is 0 Å². The van der Waals surface area contributed by atoms with Gasteiger partial charge in [0.1, 0.15) is 11.6 Å². The molecule has 0 N–H and O–H groups in total. The molecule has 2 nitrogen and oxygen atoms in total. The van der Waals surface area contributed by atoms with Gasteiger partial charge in [0.05, 0.1) is 5.56 Å². The standard InChI is InChI=1S/C24H19FO2/c1-3-4-5-18-8-12-19(13-9-18)22-15-14-21(16-23(22)25)27-24(26)20-10-6-17(2)7-11-20/h1,6-16H,4-5H2,2H3. The minimum atomic E-state index is -0.514. The van der Waals surface area contributed by atoms with E-state index in [1.54, 1.807) is 24.3 Å². The van der Waals surface area contributed by atoms with Gasteiger partial charge in [-0.05, 0) is 48.7 Å². The Kier molecular flexibility index (Phi) is 5.68. The van der Waals surface area contributed by atoms with Crippen LogP contribution in [0.2, 0.25) is 0 Å². The maximum Gasteiger partial charge on any atom is 0.343 e. The van der Waals surface area contributed by atoms with E-state index in [-0.39, 0.29) is 5.75 Å². The molecule has 27 heavy (non-hydrogen) atoms. The Hall–Kier alpha value is -3.38. The van der Waals surface area contributed by atoms with Gasteiger partial charge in [0.15, 0.2) is 0 Å². The third-order valence-electron chi connectivity index (χ3n) is 4.26. The molecule has 3 aromatic carbocycles. The van der Waals surface area contributed by atoms with Crippen LogP contribution in [-0.4, -0.2) is 5.97 Å². The van der Waals surface area contributed by atoms with E-state index in [2.05, 4.69) is 5.92 Å². The molecule has 0 radical (unpaired) electrons. The van der Waals surface area contributed by atoms with Crippen LogP contribution in [0.15, 0.2) is 66.7 Å². The van der Waals surface area contributed by atoms with Crippen LogP contribution in [0.5, 0.6) is 5.75 Å². The Morgan fingerprint density at radius 3 is 2.37 bits per heavy atom. The van der Waals surface area contributed by atoms with Crippen molar-refractivity contribution in [3.8, 4) is 29.2 Å². The van der Waals surface area contributed by atoms with Crippen molar-refractivity contribution in [2.75, 3.05) is 0 Å². The van der Waals surface area contributed by atoms with E-state index in [1.807, 2.05) is 43.3 Å². The average Bonchev–Trinajstić information content (AvgIpc) is 2.67. The predicted molar refractivity (Wildman–Crippen MR) is 105 cm³/mol.